The lowest BCUT2D eigenvalue weighted by molar-refractivity contribution is 0.410. The first-order valence-corrected chi connectivity index (χ1v) is 19.0. The highest BCUT2D eigenvalue weighted by Crippen LogP contribution is 2.56. The first-order chi connectivity index (χ1) is 34.5. The van der Waals surface area contributed by atoms with Crippen molar-refractivity contribution >= 4 is 43.1 Å². The molecule has 0 saturated heterocycles. The fraction of sp³-hybridized carbons (Fsp3) is 0. The molecule has 0 amide bonds. The van der Waals surface area contributed by atoms with Crippen LogP contribution in [0.25, 0.3) is 87.6 Å². The van der Waals surface area contributed by atoms with Gasteiger partial charge >= 0.3 is 0 Å². The van der Waals surface area contributed by atoms with Crippen LogP contribution in [0.1, 0.15) is 0 Å². The van der Waals surface area contributed by atoms with Gasteiger partial charge in [-0.25, -0.2) is 123 Å². The third-order valence-corrected chi connectivity index (χ3v) is 11.6. The Balaban J connectivity index is 1.79. The molecule has 0 nitrogen and oxygen atoms in total. The summed E-state index contributed by atoms with van der Waals surface area (Å²) < 4.78 is 439. The molecular weight excluding hydrogens is 1080 g/mol. The molecule has 0 atom stereocenters. The third-order valence-electron chi connectivity index (χ3n) is 11.6. The fourth-order valence-electron chi connectivity index (χ4n) is 8.51. The normalized spacial score (nSPS) is 12.1. The van der Waals surface area contributed by atoms with Crippen LogP contribution in [-0.2, 0) is 0 Å². The van der Waals surface area contributed by atoms with Gasteiger partial charge in [-0.2, -0.15) is 0 Å². The zero-order chi connectivity index (χ0) is 54.8. The monoisotopic (exact) mass is 1090 g/mol. The molecule has 0 bridgehead atoms. The van der Waals surface area contributed by atoms with Gasteiger partial charge in [-0.1, -0.05) is 12.1 Å². The van der Waals surface area contributed by atoms with Crippen molar-refractivity contribution in [2.24, 2.45) is 0 Å². The number of hydrogen-bond acceptors (Lipinski definition) is 0. The van der Waals surface area contributed by atoms with Gasteiger partial charge in [0.25, 0.3) is 0 Å². The Kier molecular flexibility index (Phi) is 11.6. The van der Waals surface area contributed by atoms with Crippen LogP contribution in [0.2, 0.25) is 0 Å². The average Bonchev–Trinajstić information content (AvgIpc) is 3.37. The predicted molar refractivity (Wildman–Crippen MR) is 197 cm³/mol. The van der Waals surface area contributed by atoms with Crippen molar-refractivity contribution in [1.82, 2.24) is 0 Å². The minimum atomic E-state index is -3.52. The summed E-state index contributed by atoms with van der Waals surface area (Å²) in [7, 11) is 0. The molecule has 0 spiro atoms. The number of hydrogen-bond donors (Lipinski definition) is 0. The van der Waals surface area contributed by atoms with Gasteiger partial charge in [-0.3, -0.25) is 0 Å². The molecule has 0 heterocycles. The van der Waals surface area contributed by atoms with Crippen LogP contribution < -0.4 is 0 Å². The summed E-state index contributed by atoms with van der Waals surface area (Å²) in [6.45, 7) is 0. The Morgan fingerprint density at radius 2 is 0.257 bits per heavy atom. The standard InChI is InChI=1S/C46H2F28/c47-19-7(11-15(27(55)35(19)63)31(59)43(71)39(67)23(11)51)3-1-2-4(8-12-16(28(56)36(64)20(8)48)32(60)44(72)40(68)24(12)52)6(10-14-18(30(58)38(66)22(10)50)34(62)46(74)42(70)26(14)54)5(3)9-13-17(29(57)37(65)21(9)49)33(61)45(73)41(69)25(13)53/h1-2H. The van der Waals surface area contributed by atoms with Gasteiger partial charge in [0.1, 0.15) is 0 Å². The number of fused-ring (bicyclic) bond motifs is 4. The molecule has 74 heavy (non-hydrogen) atoms. The van der Waals surface area contributed by atoms with Crippen molar-refractivity contribution in [3.8, 4) is 44.5 Å². The second-order valence-corrected chi connectivity index (χ2v) is 15.2. The Bertz CT molecular complexity index is 3860. The molecule has 0 fully saturated rings. The second kappa shape index (κ2) is 16.8. The van der Waals surface area contributed by atoms with E-state index in [4.69, 9.17) is 0 Å². The minimum Gasteiger partial charge on any atom is -0.203 e. The lowest BCUT2D eigenvalue weighted by atomic mass is 9.78. The van der Waals surface area contributed by atoms with Gasteiger partial charge in [0.15, 0.2) is 163 Å². The van der Waals surface area contributed by atoms with E-state index in [1.54, 1.807) is 0 Å². The van der Waals surface area contributed by atoms with E-state index in [1.165, 1.54) is 0 Å². The van der Waals surface area contributed by atoms with E-state index in [0.29, 0.717) is 0 Å². The third kappa shape index (κ3) is 6.30. The Hall–Kier alpha value is -7.94. The van der Waals surface area contributed by atoms with Gasteiger partial charge in [-0.15, -0.1) is 0 Å². The average molecular weight is 1090 g/mol. The Labute approximate surface area is 385 Å². The van der Waals surface area contributed by atoms with Crippen LogP contribution in [0, 0.1) is 163 Å². The number of benzene rings is 9. The molecule has 0 aliphatic rings. The van der Waals surface area contributed by atoms with E-state index in [2.05, 4.69) is 0 Å². The molecular formula is C46H2F28. The lowest BCUT2D eigenvalue weighted by Gasteiger charge is -2.26. The van der Waals surface area contributed by atoms with Crippen molar-refractivity contribution in [2.75, 3.05) is 0 Å². The molecule has 382 valence electrons. The van der Waals surface area contributed by atoms with E-state index in [0.717, 1.165) is 0 Å². The molecule has 0 aliphatic heterocycles. The molecule has 28 heteroatoms. The summed E-state index contributed by atoms with van der Waals surface area (Å²) in [5.74, 6) is -92.0. The summed E-state index contributed by atoms with van der Waals surface area (Å²) in [6.07, 6.45) is 0. The summed E-state index contributed by atoms with van der Waals surface area (Å²) in [4.78, 5) is 0. The number of halogens is 28. The van der Waals surface area contributed by atoms with E-state index < -0.39 is 263 Å². The molecule has 9 rings (SSSR count). The summed E-state index contributed by atoms with van der Waals surface area (Å²) >= 11 is 0. The van der Waals surface area contributed by atoms with Crippen LogP contribution in [0.15, 0.2) is 12.1 Å². The number of rotatable bonds is 4. The van der Waals surface area contributed by atoms with Crippen LogP contribution in [0.5, 0.6) is 0 Å². The zero-order valence-electron chi connectivity index (χ0n) is 33.7. The van der Waals surface area contributed by atoms with Crippen molar-refractivity contribution < 1.29 is 123 Å². The maximum atomic E-state index is 17.0. The first kappa shape index (κ1) is 51.0. The Morgan fingerprint density at radius 3 is 0.446 bits per heavy atom. The SMILES string of the molecule is Fc1c(F)c(F)c2c(-c3ccc(-c4c(F)c(F)c(F)c5c(F)c(F)c(F)c(F)c45)c(-c4c(F)c(F)c(F)c5c(F)c(F)c(F)c(F)c45)c3-c3c(F)c(F)c(F)c4c(F)c(F)c(F)c(F)c34)c(F)c(F)c(F)c2c1F. The van der Waals surface area contributed by atoms with Crippen LogP contribution in [-0.4, -0.2) is 0 Å². The van der Waals surface area contributed by atoms with E-state index in [-0.39, 0.29) is 0 Å². The fourth-order valence-corrected chi connectivity index (χ4v) is 8.51. The van der Waals surface area contributed by atoms with Crippen LogP contribution >= 0.6 is 0 Å². The van der Waals surface area contributed by atoms with Gasteiger partial charge in [0, 0.05) is 54.9 Å². The molecule has 9 aromatic rings. The van der Waals surface area contributed by atoms with Gasteiger partial charge < -0.3 is 0 Å². The maximum absolute atomic E-state index is 17.0. The largest absolute Gasteiger partial charge is 0.203 e. The van der Waals surface area contributed by atoms with Crippen molar-refractivity contribution in [3.63, 3.8) is 0 Å². The topological polar surface area (TPSA) is 0 Å². The van der Waals surface area contributed by atoms with E-state index >= 15 is 105 Å². The minimum absolute atomic E-state index is 0.555. The molecule has 0 N–H and O–H groups in total. The molecule has 0 saturated carbocycles. The smallest absolute Gasteiger partial charge is 0.198 e. The highest BCUT2D eigenvalue weighted by molar-refractivity contribution is 6.17. The van der Waals surface area contributed by atoms with E-state index in [9.17, 15) is 17.6 Å². The van der Waals surface area contributed by atoms with Crippen molar-refractivity contribution in [1.29, 1.82) is 0 Å². The highest BCUT2D eigenvalue weighted by Gasteiger charge is 2.42. The molecule has 0 radical (unpaired) electrons. The highest BCUT2D eigenvalue weighted by atomic mass is 19.2. The molecule has 0 unspecified atom stereocenters. The molecule has 0 aliphatic carbocycles. The quantitative estimate of drug-likeness (QED) is 0.0936. The van der Waals surface area contributed by atoms with Crippen LogP contribution in [0.3, 0.4) is 0 Å². The molecule has 0 aromatic heterocycles. The zero-order valence-corrected chi connectivity index (χ0v) is 33.7. The predicted octanol–water partition coefficient (Wildman–Crippen LogP) is 16.9. The second-order valence-electron chi connectivity index (χ2n) is 15.2. The van der Waals surface area contributed by atoms with Crippen molar-refractivity contribution in [3.05, 3.63) is 175 Å². The lowest BCUT2D eigenvalue weighted by Crippen LogP contribution is -2.11. The van der Waals surface area contributed by atoms with Crippen LogP contribution in [0.4, 0.5) is 123 Å². The molecule has 9 aromatic carbocycles. The van der Waals surface area contributed by atoms with Gasteiger partial charge in [0.05, 0.1) is 21.5 Å². The summed E-state index contributed by atoms with van der Waals surface area (Å²) in [6, 6.07) is -1.11. The van der Waals surface area contributed by atoms with Gasteiger partial charge in [-0.05, 0) is 11.1 Å². The first-order valence-electron chi connectivity index (χ1n) is 19.0. The Morgan fingerprint density at radius 1 is 0.122 bits per heavy atom. The maximum Gasteiger partial charge on any atom is 0.198 e. The summed E-state index contributed by atoms with van der Waals surface area (Å²) in [5.41, 5.74) is -22.6. The summed E-state index contributed by atoms with van der Waals surface area (Å²) in [5, 5.41) is -22.3. The van der Waals surface area contributed by atoms with Crippen molar-refractivity contribution in [2.45, 2.75) is 0 Å². The van der Waals surface area contributed by atoms with Gasteiger partial charge in [0.2, 0.25) is 0 Å². The van der Waals surface area contributed by atoms with E-state index in [1.807, 2.05) is 0 Å².